The second kappa shape index (κ2) is 6.78. The molecule has 0 amide bonds. The van der Waals surface area contributed by atoms with E-state index >= 15 is 0 Å². The van der Waals surface area contributed by atoms with E-state index in [4.69, 9.17) is 5.11 Å². The van der Waals surface area contributed by atoms with Crippen LogP contribution < -0.4 is 10.9 Å². The van der Waals surface area contributed by atoms with Crippen molar-refractivity contribution < 1.29 is 10.2 Å². The molecule has 5 heteroatoms. The van der Waals surface area contributed by atoms with Gasteiger partial charge in [-0.15, -0.1) is 0 Å². The van der Waals surface area contributed by atoms with Gasteiger partial charge in [0, 0.05) is 25.0 Å². The number of hydrazine groups is 1. The Labute approximate surface area is 142 Å². The molecule has 4 rings (SSSR count). The summed E-state index contributed by atoms with van der Waals surface area (Å²) in [7, 11) is 0. The van der Waals surface area contributed by atoms with Crippen LogP contribution in [0.25, 0.3) is 10.8 Å². The van der Waals surface area contributed by atoms with Crippen LogP contribution in [0.2, 0.25) is 0 Å². The van der Waals surface area contributed by atoms with E-state index < -0.39 is 6.10 Å². The van der Waals surface area contributed by atoms with Crippen molar-refractivity contribution in [2.24, 2.45) is 5.92 Å². The summed E-state index contributed by atoms with van der Waals surface area (Å²) in [4.78, 5) is 2.27. The summed E-state index contributed by atoms with van der Waals surface area (Å²) in [5.41, 5.74) is 8.31. The third-order valence-electron chi connectivity index (χ3n) is 5.43. The second-order valence-electron chi connectivity index (χ2n) is 6.99. The van der Waals surface area contributed by atoms with Crippen molar-refractivity contribution in [1.82, 2.24) is 15.8 Å². The molecule has 0 spiro atoms. The lowest BCUT2D eigenvalue weighted by atomic mass is 9.83. The first-order chi connectivity index (χ1) is 11.8. The van der Waals surface area contributed by atoms with E-state index in [1.807, 2.05) is 0 Å². The average molecular weight is 327 g/mol. The molecule has 24 heavy (non-hydrogen) atoms. The van der Waals surface area contributed by atoms with E-state index in [0.717, 1.165) is 19.5 Å². The number of β-amino-alcohol motifs (C(OH)–C–C–N with tert-alkyl or cyclic N) is 1. The van der Waals surface area contributed by atoms with Gasteiger partial charge in [-0.05, 0) is 29.3 Å². The van der Waals surface area contributed by atoms with E-state index in [9.17, 15) is 5.11 Å². The Balaban J connectivity index is 1.59. The van der Waals surface area contributed by atoms with E-state index in [1.165, 1.54) is 16.3 Å². The first-order valence-corrected chi connectivity index (χ1v) is 8.76. The van der Waals surface area contributed by atoms with Gasteiger partial charge in [-0.25, -0.2) is 5.43 Å². The lowest BCUT2D eigenvalue weighted by molar-refractivity contribution is 0.0411. The molecule has 128 valence electrons. The van der Waals surface area contributed by atoms with Crippen molar-refractivity contribution in [1.29, 1.82) is 0 Å². The lowest BCUT2D eigenvalue weighted by Gasteiger charge is -2.37. The monoisotopic (exact) mass is 327 g/mol. The maximum Gasteiger partial charge on any atom is 0.0897 e. The lowest BCUT2D eigenvalue weighted by Crippen LogP contribution is -2.48. The molecular formula is C19H25N3O2. The van der Waals surface area contributed by atoms with E-state index in [0.29, 0.717) is 18.5 Å². The van der Waals surface area contributed by atoms with Gasteiger partial charge >= 0.3 is 0 Å². The Morgan fingerprint density at radius 3 is 2.83 bits per heavy atom. The van der Waals surface area contributed by atoms with Gasteiger partial charge in [0.15, 0.2) is 0 Å². The molecule has 2 heterocycles. The zero-order chi connectivity index (χ0) is 16.5. The zero-order valence-electron chi connectivity index (χ0n) is 13.7. The largest absolute Gasteiger partial charge is 0.394 e. The molecule has 2 aliphatic heterocycles. The van der Waals surface area contributed by atoms with E-state index in [-0.39, 0.29) is 12.6 Å². The van der Waals surface area contributed by atoms with Crippen LogP contribution in [0.3, 0.4) is 0 Å². The SMILES string of the molecule is OCC(O)CN1CCC2NNC(c3cccc4ccccc34)C2C1. The minimum Gasteiger partial charge on any atom is -0.394 e. The maximum absolute atomic E-state index is 9.75. The third kappa shape index (κ3) is 2.94. The van der Waals surface area contributed by atoms with Gasteiger partial charge in [-0.3, -0.25) is 5.43 Å². The van der Waals surface area contributed by atoms with Crippen molar-refractivity contribution in [3.05, 3.63) is 48.0 Å². The number of likely N-dealkylation sites (tertiary alicyclic amines) is 1. The second-order valence-corrected chi connectivity index (χ2v) is 6.99. The zero-order valence-corrected chi connectivity index (χ0v) is 13.7. The smallest absolute Gasteiger partial charge is 0.0897 e. The van der Waals surface area contributed by atoms with E-state index in [1.54, 1.807) is 0 Å². The van der Waals surface area contributed by atoms with Crippen molar-refractivity contribution in [2.75, 3.05) is 26.2 Å². The molecule has 5 nitrogen and oxygen atoms in total. The standard InChI is InChI=1S/C19H25N3O2/c23-12-14(24)10-22-9-8-18-17(11-22)19(21-20-18)16-7-3-5-13-4-1-2-6-15(13)16/h1-7,14,17-21,23-24H,8-12H2. The highest BCUT2D eigenvalue weighted by molar-refractivity contribution is 5.86. The van der Waals surface area contributed by atoms with Crippen molar-refractivity contribution in [3.63, 3.8) is 0 Å². The first kappa shape index (κ1) is 16.0. The summed E-state index contributed by atoms with van der Waals surface area (Å²) < 4.78 is 0. The number of rotatable bonds is 4. The maximum atomic E-state index is 9.75. The molecule has 0 aromatic heterocycles. The first-order valence-electron chi connectivity index (χ1n) is 8.76. The Hall–Kier alpha value is -1.50. The van der Waals surface area contributed by atoms with Crippen LogP contribution in [0, 0.1) is 5.92 Å². The number of aliphatic hydroxyl groups excluding tert-OH is 2. The van der Waals surface area contributed by atoms with E-state index in [2.05, 4.69) is 58.2 Å². The summed E-state index contributed by atoms with van der Waals surface area (Å²) in [5.74, 6) is 0.454. The molecule has 0 radical (unpaired) electrons. The van der Waals surface area contributed by atoms with Crippen LogP contribution in [0.5, 0.6) is 0 Å². The highest BCUT2D eigenvalue weighted by atomic mass is 16.3. The molecule has 2 fully saturated rings. The predicted molar refractivity (Wildman–Crippen MR) is 94.4 cm³/mol. The molecule has 2 aliphatic rings. The number of fused-ring (bicyclic) bond motifs is 2. The highest BCUT2D eigenvalue weighted by Gasteiger charge is 2.41. The van der Waals surface area contributed by atoms with Crippen LogP contribution in [0.4, 0.5) is 0 Å². The van der Waals surface area contributed by atoms with Crippen molar-refractivity contribution in [2.45, 2.75) is 24.6 Å². The number of nitrogens with zero attached hydrogens (tertiary/aromatic N) is 1. The van der Waals surface area contributed by atoms with Crippen molar-refractivity contribution in [3.8, 4) is 0 Å². The molecule has 4 unspecified atom stereocenters. The van der Waals surface area contributed by atoms with Gasteiger partial charge in [0.05, 0.1) is 18.8 Å². The summed E-state index contributed by atoms with van der Waals surface area (Å²) >= 11 is 0. The predicted octanol–water partition coefficient (Wildman–Crippen LogP) is 1.03. The van der Waals surface area contributed by atoms with Crippen LogP contribution in [0.15, 0.2) is 42.5 Å². The number of nitrogens with one attached hydrogen (secondary N) is 2. The molecule has 4 N–H and O–H groups in total. The minimum absolute atomic E-state index is 0.173. The average Bonchev–Trinajstić information content (AvgIpc) is 3.04. The van der Waals surface area contributed by atoms with Gasteiger partial charge in [0.1, 0.15) is 0 Å². The molecular weight excluding hydrogens is 302 g/mol. The molecule has 2 aromatic rings. The Morgan fingerprint density at radius 2 is 1.96 bits per heavy atom. The summed E-state index contributed by atoms with van der Waals surface area (Å²) in [5, 5.41) is 21.4. The molecule has 2 aromatic carbocycles. The third-order valence-corrected chi connectivity index (χ3v) is 5.43. The van der Waals surface area contributed by atoms with Crippen LogP contribution in [0.1, 0.15) is 18.0 Å². The molecule has 2 saturated heterocycles. The van der Waals surface area contributed by atoms with Crippen LogP contribution in [-0.2, 0) is 0 Å². The molecule has 4 atom stereocenters. The number of benzene rings is 2. The highest BCUT2D eigenvalue weighted by Crippen LogP contribution is 2.36. The number of piperidine rings is 1. The Morgan fingerprint density at radius 1 is 1.12 bits per heavy atom. The summed E-state index contributed by atoms with van der Waals surface area (Å²) in [6.07, 6.45) is 0.400. The number of hydrogen-bond acceptors (Lipinski definition) is 5. The van der Waals surface area contributed by atoms with Crippen molar-refractivity contribution >= 4 is 10.8 Å². The Bertz CT molecular complexity index is 703. The van der Waals surface area contributed by atoms with Gasteiger partial charge < -0.3 is 15.1 Å². The van der Waals surface area contributed by atoms with Gasteiger partial charge in [-0.1, -0.05) is 42.5 Å². The molecule has 0 saturated carbocycles. The van der Waals surface area contributed by atoms with Gasteiger partial charge in [-0.2, -0.15) is 0 Å². The Kier molecular flexibility index (Phi) is 4.52. The number of hydrogen-bond donors (Lipinski definition) is 4. The fraction of sp³-hybridized carbons (Fsp3) is 0.474. The minimum atomic E-state index is -0.653. The van der Waals surface area contributed by atoms with Crippen LogP contribution >= 0.6 is 0 Å². The fourth-order valence-corrected chi connectivity index (χ4v) is 4.22. The van der Waals surface area contributed by atoms with Crippen LogP contribution in [-0.4, -0.2) is 53.5 Å². The molecule has 0 bridgehead atoms. The normalized spacial score (nSPS) is 28.8. The molecule has 0 aliphatic carbocycles. The topological polar surface area (TPSA) is 67.8 Å². The van der Waals surface area contributed by atoms with Gasteiger partial charge in [0.25, 0.3) is 0 Å². The fourth-order valence-electron chi connectivity index (χ4n) is 4.22. The quantitative estimate of drug-likeness (QED) is 0.675. The number of aliphatic hydroxyl groups is 2. The van der Waals surface area contributed by atoms with Gasteiger partial charge in [0.2, 0.25) is 0 Å². The summed E-state index contributed by atoms with van der Waals surface area (Å²) in [6.45, 7) is 2.25. The summed E-state index contributed by atoms with van der Waals surface area (Å²) in [6, 6.07) is 15.7.